The Hall–Kier alpha value is -2.11. The van der Waals surface area contributed by atoms with E-state index in [0.717, 1.165) is 11.3 Å². The summed E-state index contributed by atoms with van der Waals surface area (Å²) in [5, 5.41) is 0. The predicted octanol–water partition coefficient (Wildman–Crippen LogP) is 0.867. The number of hydrogen-bond acceptors (Lipinski definition) is 6. The van der Waals surface area contributed by atoms with E-state index in [4.69, 9.17) is 5.73 Å². The van der Waals surface area contributed by atoms with E-state index in [1.165, 1.54) is 14.2 Å². The van der Waals surface area contributed by atoms with Crippen LogP contribution in [0.15, 0.2) is 12.1 Å². The molecule has 0 atom stereocenters. The average Bonchev–Trinajstić information content (AvgIpc) is 2.37. The van der Waals surface area contributed by atoms with Crippen LogP contribution >= 0.6 is 0 Å². The number of rotatable bonds is 5. The molecule has 1 aromatic heterocycles. The Morgan fingerprint density at radius 3 is 2.32 bits per heavy atom. The molecule has 1 aromatic rings. The van der Waals surface area contributed by atoms with E-state index in [2.05, 4.69) is 14.5 Å². The Morgan fingerprint density at radius 2 is 1.84 bits per heavy atom. The summed E-state index contributed by atoms with van der Waals surface area (Å²) < 4.78 is 9.17. The number of nitrogens with zero attached hydrogens (tertiary/aromatic N) is 1. The van der Waals surface area contributed by atoms with E-state index in [-0.39, 0.29) is 6.42 Å². The summed E-state index contributed by atoms with van der Waals surface area (Å²) in [5.41, 5.74) is 7.36. The monoisotopic (exact) mass is 266 g/mol. The minimum atomic E-state index is -0.932. The van der Waals surface area contributed by atoms with Gasteiger partial charge in [-0.05, 0) is 37.5 Å². The molecule has 0 aromatic carbocycles. The van der Waals surface area contributed by atoms with Gasteiger partial charge < -0.3 is 15.2 Å². The summed E-state index contributed by atoms with van der Waals surface area (Å²) in [6, 6.07) is 3.61. The molecule has 0 spiro atoms. The van der Waals surface area contributed by atoms with E-state index >= 15 is 0 Å². The standard InChI is InChI=1S/C13H18N2O4/c1-8-6-9(15-11(14)7-8)4-5-10(12(16)18-2)13(17)19-3/h6-7,10H,4-5H2,1-3H3,(H2,14,15). The smallest absolute Gasteiger partial charge is 0.320 e. The largest absolute Gasteiger partial charge is 0.468 e. The second kappa shape index (κ2) is 6.72. The average molecular weight is 266 g/mol. The minimum Gasteiger partial charge on any atom is -0.468 e. The lowest BCUT2D eigenvalue weighted by Crippen LogP contribution is -2.27. The van der Waals surface area contributed by atoms with Crippen LogP contribution in [-0.4, -0.2) is 31.1 Å². The quantitative estimate of drug-likeness (QED) is 0.628. The van der Waals surface area contributed by atoms with Crippen molar-refractivity contribution in [2.24, 2.45) is 5.92 Å². The molecule has 0 fully saturated rings. The molecule has 19 heavy (non-hydrogen) atoms. The number of hydrogen-bond donors (Lipinski definition) is 1. The fraction of sp³-hybridized carbons (Fsp3) is 0.462. The van der Waals surface area contributed by atoms with E-state index in [1.807, 2.05) is 13.0 Å². The van der Waals surface area contributed by atoms with Crippen LogP contribution in [0.2, 0.25) is 0 Å². The summed E-state index contributed by atoms with van der Waals surface area (Å²) in [7, 11) is 2.47. The van der Waals surface area contributed by atoms with Crippen molar-refractivity contribution in [1.29, 1.82) is 0 Å². The van der Waals surface area contributed by atoms with Gasteiger partial charge in [0.15, 0.2) is 5.92 Å². The first-order chi connectivity index (χ1) is 8.97. The molecule has 6 heteroatoms. The van der Waals surface area contributed by atoms with Gasteiger partial charge >= 0.3 is 11.9 Å². The predicted molar refractivity (Wildman–Crippen MR) is 69.2 cm³/mol. The highest BCUT2D eigenvalue weighted by molar-refractivity contribution is 5.94. The third-order valence-electron chi connectivity index (χ3n) is 2.70. The molecule has 0 aliphatic rings. The van der Waals surface area contributed by atoms with Crippen molar-refractivity contribution in [1.82, 2.24) is 4.98 Å². The zero-order valence-electron chi connectivity index (χ0n) is 11.3. The van der Waals surface area contributed by atoms with Crippen LogP contribution in [0.3, 0.4) is 0 Å². The number of aromatic nitrogens is 1. The van der Waals surface area contributed by atoms with E-state index in [9.17, 15) is 9.59 Å². The van der Waals surface area contributed by atoms with Crippen LogP contribution < -0.4 is 5.73 Å². The summed E-state index contributed by atoms with van der Waals surface area (Å²) in [6.07, 6.45) is 0.718. The van der Waals surface area contributed by atoms with Crippen molar-refractivity contribution in [3.05, 3.63) is 23.4 Å². The first-order valence-electron chi connectivity index (χ1n) is 5.86. The number of methoxy groups -OCH3 is 2. The van der Waals surface area contributed by atoms with Gasteiger partial charge in [0.1, 0.15) is 5.82 Å². The maximum Gasteiger partial charge on any atom is 0.320 e. The molecule has 1 rings (SSSR count). The third-order valence-corrected chi connectivity index (χ3v) is 2.70. The van der Waals surface area contributed by atoms with Crippen LogP contribution in [0.5, 0.6) is 0 Å². The minimum absolute atomic E-state index is 0.273. The van der Waals surface area contributed by atoms with Crippen molar-refractivity contribution in [3.63, 3.8) is 0 Å². The second-order valence-corrected chi connectivity index (χ2v) is 4.20. The number of anilines is 1. The lowest BCUT2D eigenvalue weighted by Gasteiger charge is -2.12. The fourth-order valence-electron chi connectivity index (χ4n) is 1.80. The molecular formula is C13H18N2O4. The second-order valence-electron chi connectivity index (χ2n) is 4.20. The number of pyridine rings is 1. The van der Waals surface area contributed by atoms with Gasteiger partial charge in [0, 0.05) is 5.69 Å². The lowest BCUT2D eigenvalue weighted by atomic mass is 10.0. The topological polar surface area (TPSA) is 91.5 Å². The van der Waals surface area contributed by atoms with Crippen molar-refractivity contribution < 1.29 is 19.1 Å². The first-order valence-corrected chi connectivity index (χ1v) is 5.86. The number of carbonyl (C=O) groups is 2. The number of nitrogen functional groups attached to an aromatic ring is 1. The van der Waals surface area contributed by atoms with Gasteiger partial charge in [-0.1, -0.05) is 0 Å². The Morgan fingerprint density at radius 1 is 1.26 bits per heavy atom. The highest BCUT2D eigenvalue weighted by Crippen LogP contribution is 2.14. The van der Waals surface area contributed by atoms with Gasteiger partial charge in [0.25, 0.3) is 0 Å². The molecule has 0 aliphatic heterocycles. The molecule has 104 valence electrons. The molecule has 6 nitrogen and oxygen atoms in total. The van der Waals surface area contributed by atoms with Crippen LogP contribution in [0.1, 0.15) is 17.7 Å². The van der Waals surface area contributed by atoms with E-state index in [1.54, 1.807) is 6.07 Å². The maximum absolute atomic E-state index is 11.5. The van der Waals surface area contributed by atoms with Crippen molar-refractivity contribution in [3.8, 4) is 0 Å². The molecule has 0 radical (unpaired) electrons. The Bertz CT molecular complexity index is 437. The number of nitrogens with two attached hydrogens (primary N) is 1. The molecule has 0 saturated carbocycles. The molecule has 1 heterocycles. The number of esters is 2. The number of carbonyl (C=O) groups excluding carboxylic acids is 2. The van der Waals surface area contributed by atoms with Crippen LogP contribution in [-0.2, 0) is 25.5 Å². The summed E-state index contributed by atoms with van der Waals surface area (Å²) >= 11 is 0. The van der Waals surface area contributed by atoms with Gasteiger partial charge in [0.2, 0.25) is 0 Å². The molecule has 0 saturated heterocycles. The fourth-order valence-corrected chi connectivity index (χ4v) is 1.80. The zero-order chi connectivity index (χ0) is 14.4. The van der Waals surface area contributed by atoms with Gasteiger partial charge in [-0.25, -0.2) is 4.98 Å². The van der Waals surface area contributed by atoms with Gasteiger partial charge in [-0.3, -0.25) is 9.59 Å². The van der Waals surface area contributed by atoms with Crippen LogP contribution in [0.25, 0.3) is 0 Å². The Balaban J connectivity index is 2.75. The SMILES string of the molecule is COC(=O)C(CCc1cc(C)cc(N)n1)C(=O)OC. The molecule has 0 amide bonds. The van der Waals surface area contributed by atoms with E-state index < -0.39 is 17.9 Å². The highest BCUT2D eigenvalue weighted by Gasteiger charge is 2.28. The van der Waals surface area contributed by atoms with E-state index in [0.29, 0.717) is 12.2 Å². The van der Waals surface area contributed by atoms with Crippen LogP contribution in [0, 0.1) is 12.8 Å². The molecule has 0 unspecified atom stereocenters. The molecule has 0 aliphatic carbocycles. The van der Waals surface area contributed by atoms with Gasteiger partial charge in [-0.2, -0.15) is 0 Å². The highest BCUT2D eigenvalue weighted by atomic mass is 16.5. The molecule has 0 bridgehead atoms. The van der Waals surface area contributed by atoms with Gasteiger partial charge in [0.05, 0.1) is 14.2 Å². The Labute approximate surface area is 111 Å². The summed E-state index contributed by atoms with van der Waals surface area (Å²) in [4.78, 5) is 27.1. The lowest BCUT2D eigenvalue weighted by molar-refractivity contribution is -0.159. The maximum atomic E-state index is 11.5. The normalized spacial score (nSPS) is 10.3. The zero-order valence-corrected chi connectivity index (χ0v) is 11.3. The van der Waals surface area contributed by atoms with Crippen molar-refractivity contribution in [2.75, 3.05) is 20.0 Å². The van der Waals surface area contributed by atoms with Crippen molar-refractivity contribution >= 4 is 17.8 Å². The number of ether oxygens (including phenoxy) is 2. The third kappa shape index (κ3) is 4.24. The van der Waals surface area contributed by atoms with Crippen molar-refractivity contribution in [2.45, 2.75) is 19.8 Å². The summed E-state index contributed by atoms with van der Waals surface area (Å²) in [6.45, 7) is 1.90. The summed E-state index contributed by atoms with van der Waals surface area (Å²) in [5.74, 6) is -1.72. The van der Waals surface area contributed by atoms with Gasteiger partial charge in [-0.15, -0.1) is 0 Å². The number of aryl methyl sites for hydroxylation is 2. The first kappa shape index (κ1) is 14.9. The van der Waals surface area contributed by atoms with Crippen LogP contribution in [0.4, 0.5) is 5.82 Å². The molecule has 2 N–H and O–H groups in total. The Kier molecular flexibility index (Phi) is 5.29. The molecular weight excluding hydrogens is 248 g/mol.